The van der Waals surface area contributed by atoms with Crippen molar-refractivity contribution in [2.45, 2.75) is 19.1 Å². The summed E-state index contributed by atoms with van der Waals surface area (Å²) in [6.45, 7) is 1.30. The summed E-state index contributed by atoms with van der Waals surface area (Å²) < 4.78 is 26.1. The van der Waals surface area contributed by atoms with E-state index in [-0.39, 0.29) is 16.4 Å². The molecule has 3 N–H and O–H groups in total. The number of carbonyl (C=O) groups excluding carboxylic acids is 1. The van der Waals surface area contributed by atoms with Gasteiger partial charge in [-0.05, 0) is 17.7 Å². The number of phenols is 1. The molecule has 0 spiro atoms. The van der Waals surface area contributed by atoms with Crippen molar-refractivity contribution in [1.82, 2.24) is 0 Å². The number of halogens is 2. The summed E-state index contributed by atoms with van der Waals surface area (Å²) in [4.78, 5) is 10.7. The summed E-state index contributed by atoms with van der Waals surface area (Å²) in [5.41, 5.74) is -0.209. The molecule has 2 atom stereocenters. The number of phenolic OH excluding ortho intramolecular Hbond substituents is 1. The van der Waals surface area contributed by atoms with Gasteiger partial charge in [-0.1, -0.05) is 11.8 Å². The van der Waals surface area contributed by atoms with Crippen LogP contribution in [0.15, 0.2) is 12.1 Å². The van der Waals surface area contributed by atoms with Gasteiger partial charge in [0.05, 0.1) is 6.10 Å². The molecule has 0 heterocycles. The molecule has 2 unspecified atom stereocenters. The first kappa shape index (κ1) is 14.9. The Labute approximate surface area is 106 Å². The van der Waals surface area contributed by atoms with Crippen molar-refractivity contribution in [3.8, 4) is 5.75 Å². The third kappa shape index (κ3) is 3.66. The molecular formula is C11H12F2O4S. The van der Waals surface area contributed by atoms with Gasteiger partial charge < -0.3 is 15.3 Å². The number of thioether (sulfide) groups is 1. The Bertz CT molecular complexity index is 430. The smallest absolute Gasteiger partial charge is 0.187 e. The lowest BCUT2D eigenvalue weighted by molar-refractivity contribution is -0.109. The standard InChI is InChI=1S/C11H12F2O4S/c1-5(14)18-4-9(15)10(16)6-2-7(12)11(17)8(13)3-6/h2-3,9-10,15-17H,4H2,1H3. The van der Waals surface area contributed by atoms with Crippen LogP contribution in [0.25, 0.3) is 0 Å². The van der Waals surface area contributed by atoms with Gasteiger partial charge in [-0.15, -0.1) is 0 Å². The lowest BCUT2D eigenvalue weighted by Crippen LogP contribution is -2.21. The average Bonchev–Trinajstić information content (AvgIpc) is 2.31. The van der Waals surface area contributed by atoms with Crippen LogP contribution in [0, 0.1) is 11.6 Å². The van der Waals surface area contributed by atoms with Crippen LogP contribution in [-0.2, 0) is 4.79 Å². The van der Waals surface area contributed by atoms with Crippen molar-refractivity contribution in [3.63, 3.8) is 0 Å². The third-order valence-electron chi connectivity index (χ3n) is 2.20. The molecule has 0 bridgehead atoms. The molecular weight excluding hydrogens is 266 g/mol. The van der Waals surface area contributed by atoms with Crippen LogP contribution in [0.2, 0.25) is 0 Å². The number of benzene rings is 1. The molecule has 1 rings (SSSR count). The molecule has 100 valence electrons. The van der Waals surface area contributed by atoms with Crippen LogP contribution in [-0.4, -0.2) is 32.3 Å². The SMILES string of the molecule is CC(=O)SCC(O)C(O)c1cc(F)c(O)c(F)c1. The zero-order chi connectivity index (χ0) is 13.9. The van der Waals surface area contributed by atoms with Crippen molar-refractivity contribution >= 4 is 16.9 Å². The largest absolute Gasteiger partial charge is 0.503 e. The van der Waals surface area contributed by atoms with E-state index >= 15 is 0 Å². The van der Waals surface area contributed by atoms with Gasteiger partial charge in [0.15, 0.2) is 22.5 Å². The molecule has 0 aliphatic carbocycles. The summed E-state index contributed by atoms with van der Waals surface area (Å²) >= 11 is 0.788. The molecule has 18 heavy (non-hydrogen) atoms. The van der Waals surface area contributed by atoms with Crippen LogP contribution < -0.4 is 0 Å². The fourth-order valence-corrected chi connectivity index (χ4v) is 1.86. The number of rotatable bonds is 4. The van der Waals surface area contributed by atoms with Crippen molar-refractivity contribution in [2.24, 2.45) is 0 Å². The Morgan fingerprint density at radius 3 is 2.28 bits per heavy atom. The highest BCUT2D eigenvalue weighted by Gasteiger charge is 2.22. The van der Waals surface area contributed by atoms with E-state index in [2.05, 4.69) is 0 Å². The second-order valence-corrected chi connectivity index (χ2v) is 4.84. The lowest BCUT2D eigenvalue weighted by Gasteiger charge is -2.17. The minimum atomic E-state index is -1.54. The van der Waals surface area contributed by atoms with E-state index in [0.29, 0.717) is 0 Å². The summed E-state index contributed by atoms with van der Waals surface area (Å²) in [5, 5.41) is 27.8. The van der Waals surface area contributed by atoms with E-state index in [1.807, 2.05) is 0 Å². The third-order valence-corrected chi connectivity index (χ3v) is 3.12. The van der Waals surface area contributed by atoms with E-state index in [4.69, 9.17) is 5.11 Å². The highest BCUT2D eigenvalue weighted by atomic mass is 32.2. The van der Waals surface area contributed by atoms with E-state index in [0.717, 1.165) is 23.9 Å². The molecule has 0 aromatic heterocycles. The van der Waals surface area contributed by atoms with E-state index < -0.39 is 29.6 Å². The van der Waals surface area contributed by atoms with Crippen LogP contribution in [0.1, 0.15) is 18.6 Å². The minimum absolute atomic E-state index is 0.0966. The highest BCUT2D eigenvalue weighted by molar-refractivity contribution is 8.13. The summed E-state index contributed by atoms with van der Waals surface area (Å²) in [6.07, 6.45) is -2.89. The zero-order valence-corrected chi connectivity index (χ0v) is 10.2. The number of aliphatic hydroxyl groups excluding tert-OH is 2. The molecule has 0 radical (unpaired) electrons. The Hall–Kier alpha value is -1.18. The van der Waals surface area contributed by atoms with E-state index in [9.17, 15) is 23.8 Å². The number of aromatic hydroxyl groups is 1. The monoisotopic (exact) mass is 278 g/mol. The maximum atomic E-state index is 13.0. The van der Waals surface area contributed by atoms with Crippen molar-refractivity contribution in [3.05, 3.63) is 29.3 Å². The van der Waals surface area contributed by atoms with Gasteiger partial charge in [0.2, 0.25) is 0 Å². The van der Waals surface area contributed by atoms with Crippen molar-refractivity contribution in [2.75, 3.05) is 5.75 Å². The predicted molar refractivity (Wildman–Crippen MR) is 62.1 cm³/mol. The second kappa shape index (κ2) is 6.12. The maximum absolute atomic E-state index is 13.0. The zero-order valence-electron chi connectivity index (χ0n) is 9.43. The quantitative estimate of drug-likeness (QED) is 0.775. The normalized spacial score (nSPS) is 14.3. The molecule has 0 fully saturated rings. The molecule has 4 nitrogen and oxygen atoms in total. The van der Waals surface area contributed by atoms with Crippen molar-refractivity contribution in [1.29, 1.82) is 0 Å². The van der Waals surface area contributed by atoms with Crippen LogP contribution in [0.5, 0.6) is 5.75 Å². The molecule has 0 saturated heterocycles. The van der Waals surface area contributed by atoms with E-state index in [1.54, 1.807) is 0 Å². The fourth-order valence-electron chi connectivity index (χ4n) is 1.27. The predicted octanol–water partition coefficient (Wildman–Crippen LogP) is 1.34. The van der Waals surface area contributed by atoms with Gasteiger partial charge in [0, 0.05) is 12.7 Å². The molecule has 1 aromatic carbocycles. The first-order chi connectivity index (χ1) is 8.32. The Kier molecular flexibility index (Phi) is 5.06. The van der Waals surface area contributed by atoms with Gasteiger partial charge in [0.1, 0.15) is 6.10 Å². The first-order valence-electron chi connectivity index (χ1n) is 5.00. The number of hydrogen-bond acceptors (Lipinski definition) is 5. The highest BCUT2D eigenvalue weighted by Crippen LogP contribution is 2.27. The lowest BCUT2D eigenvalue weighted by atomic mass is 10.0. The van der Waals surface area contributed by atoms with Gasteiger partial charge >= 0.3 is 0 Å². The van der Waals surface area contributed by atoms with Gasteiger partial charge in [-0.25, -0.2) is 8.78 Å². The van der Waals surface area contributed by atoms with Gasteiger partial charge in [-0.3, -0.25) is 4.79 Å². The Morgan fingerprint density at radius 1 is 1.33 bits per heavy atom. The minimum Gasteiger partial charge on any atom is -0.503 e. The van der Waals surface area contributed by atoms with Crippen LogP contribution in [0.3, 0.4) is 0 Å². The maximum Gasteiger partial charge on any atom is 0.187 e. The molecule has 0 amide bonds. The molecule has 7 heteroatoms. The van der Waals surface area contributed by atoms with Gasteiger partial charge in [-0.2, -0.15) is 0 Å². The van der Waals surface area contributed by atoms with E-state index in [1.165, 1.54) is 6.92 Å². The molecule has 0 aliphatic rings. The van der Waals surface area contributed by atoms with Gasteiger partial charge in [0.25, 0.3) is 0 Å². The number of carbonyl (C=O) groups is 1. The summed E-state index contributed by atoms with van der Waals surface area (Å²) in [7, 11) is 0. The van der Waals surface area contributed by atoms with Crippen LogP contribution >= 0.6 is 11.8 Å². The molecule has 0 aliphatic heterocycles. The summed E-state index contributed by atoms with van der Waals surface area (Å²) in [5.74, 6) is -3.69. The fraction of sp³-hybridized carbons (Fsp3) is 0.364. The van der Waals surface area contributed by atoms with Crippen molar-refractivity contribution < 1.29 is 28.9 Å². The average molecular weight is 278 g/mol. The topological polar surface area (TPSA) is 77.8 Å². The second-order valence-electron chi connectivity index (χ2n) is 3.65. The Morgan fingerprint density at radius 2 is 1.83 bits per heavy atom. The number of aliphatic hydroxyl groups is 2. The van der Waals surface area contributed by atoms with Crippen LogP contribution in [0.4, 0.5) is 8.78 Å². The first-order valence-corrected chi connectivity index (χ1v) is 5.99. The Balaban J connectivity index is 2.83. The number of hydrogen-bond donors (Lipinski definition) is 3. The molecule has 0 saturated carbocycles. The summed E-state index contributed by atoms with van der Waals surface area (Å²) in [6, 6.07) is 1.45. The molecule has 1 aromatic rings.